The summed E-state index contributed by atoms with van der Waals surface area (Å²) in [6.07, 6.45) is 0.621. The van der Waals surface area contributed by atoms with Gasteiger partial charge < -0.3 is 14.4 Å². The Hall–Kier alpha value is -1.66. The van der Waals surface area contributed by atoms with Crippen molar-refractivity contribution in [1.29, 1.82) is 0 Å². The number of ether oxygens (including phenoxy) is 2. The second kappa shape index (κ2) is 9.73. The summed E-state index contributed by atoms with van der Waals surface area (Å²) in [4.78, 5) is 16.5. The van der Waals surface area contributed by atoms with Crippen LogP contribution in [0.25, 0.3) is 0 Å². The van der Waals surface area contributed by atoms with Gasteiger partial charge in [0.15, 0.2) is 0 Å². The van der Waals surface area contributed by atoms with Crippen LogP contribution in [-0.4, -0.2) is 61.9 Å². The molecule has 0 unspecified atom stereocenters. The van der Waals surface area contributed by atoms with Gasteiger partial charge in [0, 0.05) is 39.3 Å². The molecule has 5 nitrogen and oxygen atoms in total. The highest BCUT2D eigenvalue weighted by atomic mass is 19.1. The Labute approximate surface area is 149 Å². The molecule has 25 heavy (non-hydrogen) atoms. The molecule has 1 saturated heterocycles. The molecule has 1 aromatic carbocycles. The Morgan fingerprint density at radius 3 is 2.60 bits per heavy atom. The Bertz CT molecular complexity index is 536. The molecule has 1 fully saturated rings. The molecule has 1 aromatic rings. The van der Waals surface area contributed by atoms with Crippen molar-refractivity contribution < 1.29 is 18.7 Å². The predicted molar refractivity (Wildman–Crippen MR) is 94.9 cm³/mol. The van der Waals surface area contributed by atoms with Crippen LogP contribution in [0.15, 0.2) is 24.3 Å². The van der Waals surface area contributed by atoms with Crippen molar-refractivity contribution in [2.75, 3.05) is 40.0 Å². The van der Waals surface area contributed by atoms with Gasteiger partial charge in [0.2, 0.25) is 0 Å². The summed E-state index contributed by atoms with van der Waals surface area (Å²) in [5, 5.41) is 0. The molecule has 0 N–H and O–H groups in total. The van der Waals surface area contributed by atoms with Gasteiger partial charge in [-0.05, 0) is 30.0 Å². The van der Waals surface area contributed by atoms with Gasteiger partial charge in [0.25, 0.3) is 0 Å². The number of methoxy groups -OCH3 is 1. The zero-order valence-corrected chi connectivity index (χ0v) is 15.4. The first kappa shape index (κ1) is 19.7. The Balaban J connectivity index is 2.01. The number of hydrogen-bond acceptors (Lipinski definition) is 4. The number of nitrogens with zero attached hydrogens (tertiary/aromatic N) is 2. The molecule has 1 amide bonds. The Morgan fingerprint density at radius 1 is 1.24 bits per heavy atom. The van der Waals surface area contributed by atoms with Crippen LogP contribution in [0, 0.1) is 11.7 Å². The van der Waals surface area contributed by atoms with Gasteiger partial charge in [0.05, 0.1) is 6.61 Å². The van der Waals surface area contributed by atoms with E-state index in [1.807, 2.05) is 12.1 Å². The number of halogens is 1. The van der Waals surface area contributed by atoms with Crippen LogP contribution in [0.3, 0.4) is 0 Å². The van der Waals surface area contributed by atoms with E-state index >= 15 is 0 Å². The van der Waals surface area contributed by atoms with E-state index in [9.17, 15) is 9.18 Å². The normalized spacial score (nSPS) is 19.1. The zero-order chi connectivity index (χ0) is 18.2. The quantitative estimate of drug-likeness (QED) is 0.738. The van der Waals surface area contributed by atoms with Crippen molar-refractivity contribution in [3.8, 4) is 0 Å². The fraction of sp³-hybridized carbons (Fsp3) is 0.632. The van der Waals surface area contributed by atoms with Gasteiger partial charge in [-0.3, -0.25) is 4.90 Å². The van der Waals surface area contributed by atoms with Crippen molar-refractivity contribution in [1.82, 2.24) is 9.80 Å². The molecule has 1 atom stereocenters. The first-order valence-electron chi connectivity index (χ1n) is 8.90. The smallest absolute Gasteiger partial charge is 0.409 e. The monoisotopic (exact) mass is 352 g/mol. The molecule has 0 radical (unpaired) electrons. The van der Waals surface area contributed by atoms with Crippen molar-refractivity contribution in [2.45, 2.75) is 32.9 Å². The summed E-state index contributed by atoms with van der Waals surface area (Å²) >= 11 is 0. The number of benzene rings is 1. The van der Waals surface area contributed by atoms with Crippen LogP contribution < -0.4 is 0 Å². The van der Waals surface area contributed by atoms with Gasteiger partial charge >= 0.3 is 6.09 Å². The third-order valence-corrected chi connectivity index (χ3v) is 4.59. The zero-order valence-electron chi connectivity index (χ0n) is 15.4. The Kier molecular flexibility index (Phi) is 7.65. The fourth-order valence-electron chi connectivity index (χ4n) is 3.19. The molecule has 0 aliphatic carbocycles. The maximum atomic E-state index is 13.1. The second-order valence-electron chi connectivity index (χ2n) is 6.82. The average molecular weight is 352 g/mol. The first-order valence-corrected chi connectivity index (χ1v) is 8.90. The molecule has 0 aromatic heterocycles. The molecule has 1 heterocycles. The van der Waals surface area contributed by atoms with Gasteiger partial charge in [-0.2, -0.15) is 0 Å². The molecule has 6 heteroatoms. The van der Waals surface area contributed by atoms with E-state index in [0.29, 0.717) is 25.6 Å². The van der Waals surface area contributed by atoms with Gasteiger partial charge in [0.1, 0.15) is 12.4 Å². The number of amides is 1. The van der Waals surface area contributed by atoms with Crippen molar-refractivity contribution in [2.24, 2.45) is 5.92 Å². The largest absolute Gasteiger partial charge is 0.447 e. The molecule has 1 aliphatic rings. The fourth-order valence-corrected chi connectivity index (χ4v) is 3.19. The molecule has 1 aliphatic heterocycles. The molecule has 0 saturated carbocycles. The van der Waals surface area contributed by atoms with E-state index in [0.717, 1.165) is 25.1 Å². The van der Waals surface area contributed by atoms with E-state index < -0.39 is 0 Å². The lowest BCUT2D eigenvalue weighted by atomic mass is 10.0. The summed E-state index contributed by atoms with van der Waals surface area (Å²) in [5.41, 5.74) is 1.09. The van der Waals surface area contributed by atoms with Gasteiger partial charge in [-0.25, -0.2) is 9.18 Å². The van der Waals surface area contributed by atoms with Crippen LogP contribution >= 0.6 is 0 Å². The van der Waals surface area contributed by atoms with Crippen LogP contribution in [-0.2, 0) is 16.0 Å². The molecular formula is C19H29FN2O3. The minimum Gasteiger partial charge on any atom is -0.447 e. The topological polar surface area (TPSA) is 42.0 Å². The van der Waals surface area contributed by atoms with E-state index in [-0.39, 0.29) is 24.6 Å². The number of hydrogen-bond donors (Lipinski definition) is 0. The summed E-state index contributed by atoms with van der Waals surface area (Å²) in [6.45, 7) is 8.02. The molecule has 2 rings (SSSR count). The minimum absolute atomic E-state index is 0.218. The number of carbonyl (C=O) groups excluding carboxylic acids is 1. The minimum atomic E-state index is -0.272. The maximum absolute atomic E-state index is 13.1. The first-order chi connectivity index (χ1) is 12.0. The maximum Gasteiger partial charge on any atom is 0.409 e. The lowest BCUT2D eigenvalue weighted by Gasteiger charge is -2.34. The molecule has 140 valence electrons. The summed E-state index contributed by atoms with van der Waals surface area (Å²) in [5.74, 6) is 0.179. The van der Waals surface area contributed by atoms with Crippen molar-refractivity contribution in [3.05, 3.63) is 35.6 Å². The van der Waals surface area contributed by atoms with E-state index in [2.05, 4.69) is 18.7 Å². The van der Waals surface area contributed by atoms with E-state index in [1.54, 1.807) is 12.0 Å². The third-order valence-electron chi connectivity index (χ3n) is 4.59. The van der Waals surface area contributed by atoms with Crippen molar-refractivity contribution >= 4 is 6.09 Å². The average Bonchev–Trinajstić information content (AvgIpc) is 2.80. The summed E-state index contributed by atoms with van der Waals surface area (Å²) < 4.78 is 23.3. The number of rotatable bonds is 6. The third kappa shape index (κ3) is 5.97. The number of carbonyl (C=O) groups is 1. The SMILES string of the molecule is COCCOC(=O)N1CCCN(Cc2ccc(F)cc2)[C@H](C(C)C)C1. The standard InChI is InChI=1S/C19H29FN2O3/c1-15(2)18-14-22(19(23)25-12-11-24-3)10-4-9-21(18)13-16-5-7-17(20)8-6-16/h5-8,15,18H,4,9-14H2,1-3H3/t18-/m0/s1. The van der Waals surface area contributed by atoms with E-state index in [4.69, 9.17) is 9.47 Å². The van der Waals surface area contributed by atoms with Crippen LogP contribution in [0.5, 0.6) is 0 Å². The van der Waals surface area contributed by atoms with Crippen LogP contribution in [0.1, 0.15) is 25.8 Å². The summed E-state index contributed by atoms with van der Waals surface area (Å²) in [7, 11) is 1.59. The predicted octanol–water partition coefficient (Wildman–Crippen LogP) is 3.14. The second-order valence-corrected chi connectivity index (χ2v) is 6.82. The summed E-state index contributed by atoms with van der Waals surface area (Å²) in [6, 6.07) is 6.89. The lowest BCUT2D eigenvalue weighted by Crippen LogP contribution is -2.45. The van der Waals surface area contributed by atoms with Gasteiger partial charge in [-0.1, -0.05) is 26.0 Å². The van der Waals surface area contributed by atoms with Crippen molar-refractivity contribution in [3.63, 3.8) is 0 Å². The highest BCUT2D eigenvalue weighted by Gasteiger charge is 2.30. The lowest BCUT2D eigenvalue weighted by molar-refractivity contribution is 0.0648. The molecule has 0 spiro atoms. The highest BCUT2D eigenvalue weighted by molar-refractivity contribution is 5.67. The van der Waals surface area contributed by atoms with Crippen LogP contribution in [0.2, 0.25) is 0 Å². The van der Waals surface area contributed by atoms with E-state index in [1.165, 1.54) is 12.1 Å². The van der Waals surface area contributed by atoms with Gasteiger partial charge in [-0.15, -0.1) is 0 Å². The Morgan fingerprint density at radius 2 is 1.96 bits per heavy atom. The highest BCUT2D eigenvalue weighted by Crippen LogP contribution is 2.20. The van der Waals surface area contributed by atoms with Crippen LogP contribution in [0.4, 0.5) is 9.18 Å². The molecule has 0 bridgehead atoms. The molecular weight excluding hydrogens is 323 g/mol.